The fourth-order valence-electron chi connectivity index (χ4n) is 5.92. The van der Waals surface area contributed by atoms with E-state index in [1.807, 2.05) is 97.1 Å². The second-order valence-electron chi connectivity index (χ2n) is 12.3. The van der Waals surface area contributed by atoms with Crippen LogP contribution in [0.1, 0.15) is 13.8 Å². The van der Waals surface area contributed by atoms with Crippen LogP contribution in [0.4, 0.5) is 0 Å². The van der Waals surface area contributed by atoms with Crippen LogP contribution < -0.4 is 9.97 Å². The SMILES string of the molecule is COC(=O)/C=C(/C)O.COC(=O)/C=C(/C)O.[Zr+2].c1ccc2c(c1)-c1nc-2nc2[n-]c(nc3nc(nc4[n-]c(n1)c1ccccc41)-c1ccccc1-3)c1ccccc21. The molecular weight excluding hydrogens is 804 g/mol. The summed E-state index contributed by atoms with van der Waals surface area (Å²) in [7, 11) is 2.50. The Kier molecular flexibility index (Phi) is 12.1. The number of aliphatic hydroxyl groups is 2. The molecule has 2 aliphatic heterocycles. The van der Waals surface area contributed by atoms with E-state index in [1.165, 1.54) is 28.1 Å². The number of allylic oxidation sites excluding steroid dienone is 2. The van der Waals surface area contributed by atoms with Crippen molar-refractivity contribution in [3.8, 4) is 45.6 Å². The van der Waals surface area contributed by atoms with Crippen molar-refractivity contribution in [2.75, 3.05) is 14.2 Å². The number of nitrogens with zero attached hydrogens (tertiary/aromatic N) is 8. The van der Waals surface area contributed by atoms with Gasteiger partial charge in [-0.25, -0.2) is 19.6 Å². The van der Waals surface area contributed by atoms with E-state index in [0.717, 1.165) is 56.0 Å². The molecule has 2 N–H and O–H groups in total. The molecule has 0 saturated carbocycles. The number of carbonyl (C=O) groups is 2. The van der Waals surface area contributed by atoms with Gasteiger partial charge in [-0.15, -0.1) is 0 Å². The minimum atomic E-state index is -0.537. The number of benzene rings is 4. The maximum Gasteiger partial charge on any atom is 2.00 e. The normalized spacial score (nSPS) is 11.5. The molecule has 3 aromatic heterocycles. The van der Waals surface area contributed by atoms with Gasteiger partial charge in [-0.05, 0) is 35.4 Å². The van der Waals surface area contributed by atoms with Crippen LogP contribution in [-0.4, -0.2) is 66.3 Å². The van der Waals surface area contributed by atoms with Crippen molar-refractivity contribution in [2.24, 2.45) is 0 Å². The van der Waals surface area contributed by atoms with E-state index in [2.05, 4.69) is 9.47 Å². The van der Waals surface area contributed by atoms with E-state index in [0.29, 0.717) is 45.9 Å². The molecule has 2 aliphatic rings. The number of fused-ring (bicyclic) bond motifs is 20. The molecule has 0 aliphatic carbocycles. The molecule has 14 nitrogen and oxygen atoms in total. The van der Waals surface area contributed by atoms with Crippen molar-refractivity contribution >= 4 is 56.1 Å². The first-order valence-corrected chi connectivity index (χ1v) is 17.1. The second-order valence-corrected chi connectivity index (χ2v) is 12.3. The van der Waals surface area contributed by atoms with Gasteiger partial charge in [-0.1, -0.05) is 97.1 Å². The van der Waals surface area contributed by atoms with Gasteiger partial charge in [0, 0.05) is 44.8 Å². The maximum atomic E-state index is 10.2. The third-order valence-electron chi connectivity index (χ3n) is 8.39. The van der Waals surface area contributed by atoms with Crippen molar-refractivity contribution in [1.29, 1.82) is 0 Å². The Morgan fingerprint density at radius 3 is 0.930 bits per heavy atom. The van der Waals surface area contributed by atoms with Gasteiger partial charge >= 0.3 is 38.1 Å². The Labute approximate surface area is 344 Å². The Hall–Kier alpha value is -6.86. The maximum absolute atomic E-state index is 10.2. The number of rotatable bonds is 2. The number of aliphatic hydroxyl groups excluding tert-OH is 2. The number of carbonyl (C=O) groups excluding carboxylic acids is 2. The van der Waals surface area contributed by atoms with Gasteiger partial charge in [-0.3, -0.25) is 0 Å². The molecule has 9 rings (SSSR count). The zero-order valence-corrected chi connectivity index (χ0v) is 33.5. The fraction of sp³-hybridized carbons (Fsp3) is 0.0952. The molecule has 0 fully saturated rings. The first-order valence-electron chi connectivity index (χ1n) is 17.1. The van der Waals surface area contributed by atoms with Gasteiger partial charge < -0.3 is 49.6 Å². The first kappa shape index (κ1) is 39.8. The van der Waals surface area contributed by atoms with Crippen LogP contribution in [0.25, 0.3) is 89.7 Å². The molecule has 5 heterocycles. The molecule has 280 valence electrons. The van der Waals surface area contributed by atoms with Gasteiger partial charge in [0.05, 0.1) is 61.2 Å². The van der Waals surface area contributed by atoms with Crippen molar-refractivity contribution in [3.63, 3.8) is 0 Å². The Morgan fingerprint density at radius 2 is 0.719 bits per heavy atom. The van der Waals surface area contributed by atoms with Gasteiger partial charge in [-0.2, -0.15) is 0 Å². The largest absolute Gasteiger partial charge is 2.00 e. The van der Waals surface area contributed by atoms with E-state index < -0.39 is 11.9 Å². The third kappa shape index (κ3) is 8.53. The summed E-state index contributed by atoms with van der Waals surface area (Å²) in [6.45, 7) is 2.80. The number of hydrogen-bond acceptors (Lipinski definition) is 12. The molecule has 0 unspecified atom stereocenters. The molecule has 0 amide bonds. The molecule has 4 aromatic carbocycles. The summed E-state index contributed by atoms with van der Waals surface area (Å²) in [5.41, 5.74) is 5.78. The van der Waals surface area contributed by atoms with Gasteiger partial charge in [0.1, 0.15) is 0 Å². The average Bonchev–Trinajstić information content (AvgIpc) is 3.94. The molecular formula is C42H32N8O6Zr. The Morgan fingerprint density at radius 1 is 0.474 bits per heavy atom. The first-order chi connectivity index (χ1) is 27.1. The van der Waals surface area contributed by atoms with Crippen LogP contribution in [0.3, 0.4) is 0 Å². The number of hydrogen-bond donors (Lipinski definition) is 2. The predicted molar refractivity (Wildman–Crippen MR) is 211 cm³/mol. The Balaban J connectivity index is 0.000000275. The van der Waals surface area contributed by atoms with E-state index in [4.69, 9.17) is 50.1 Å². The van der Waals surface area contributed by atoms with E-state index in [9.17, 15) is 9.59 Å². The summed E-state index contributed by atoms with van der Waals surface area (Å²) in [6.07, 6.45) is 2.00. The van der Waals surface area contributed by atoms with Crippen LogP contribution in [0.15, 0.2) is 121 Å². The zero-order chi connectivity index (χ0) is 39.3. The monoisotopic (exact) mass is 834 g/mol. The van der Waals surface area contributed by atoms with Crippen LogP contribution in [0.5, 0.6) is 0 Å². The summed E-state index contributed by atoms with van der Waals surface area (Å²) >= 11 is 0. The van der Waals surface area contributed by atoms with Crippen molar-refractivity contribution in [3.05, 3.63) is 121 Å². The summed E-state index contributed by atoms with van der Waals surface area (Å²) < 4.78 is 8.37. The van der Waals surface area contributed by atoms with Gasteiger partial charge in [0.15, 0.2) is 0 Å². The van der Waals surface area contributed by atoms with E-state index in [1.54, 1.807) is 0 Å². The van der Waals surface area contributed by atoms with Crippen molar-refractivity contribution in [2.45, 2.75) is 13.8 Å². The Bertz CT molecular complexity index is 2540. The second kappa shape index (κ2) is 17.3. The number of aromatic nitrogens is 8. The quantitative estimate of drug-likeness (QED) is 0.0994. The zero-order valence-electron chi connectivity index (χ0n) is 31.0. The minimum Gasteiger partial charge on any atom is -0.512 e. The van der Waals surface area contributed by atoms with E-state index in [-0.39, 0.29) is 37.7 Å². The number of esters is 2. The fourth-order valence-corrected chi connectivity index (χ4v) is 5.92. The van der Waals surface area contributed by atoms with E-state index >= 15 is 0 Å². The van der Waals surface area contributed by atoms with Crippen LogP contribution in [0.2, 0.25) is 0 Å². The molecule has 0 saturated heterocycles. The van der Waals surface area contributed by atoms with Crippen molar-refractivity contribution < 1.29 is 55.5 Å². The molecule has 0 atom stereocenters. The standard InChI is InChI=1S/C32H16N8.2C5H8O3.Zr/c1-2-10-18-17(9-1)25-33-26(18)38-28-21-13-5-6-14-22(21)30(35-28)40-32-24-16-8-7-15-23(24)31(36-32)39-29-20-12-4-3-11-19(20)27(34-29)37-25;2*1-4(6)3-5(7)8-2;/h1-16H;2*3,6H,1-2H3;/q-2;;;+2/b;2*4-3-;. The number of ether oxygens (including phenoxy) is 2. The predicted octanol–water partition coefficient (Wildman–Crippen LogP) is 7.37. The molecule has 57 heavy (non-hydrogen) atoms. The average molecular weight is 836 g/mol. The molecule has 15 heteroatoms. The van der Waals surface area contributed by atoms with Crippen molar-refractivity contribution in [1.82, 2.24) is 39.9 Å². The van der Waals surface area contributed by atoms with Crippen LogP contribution >= 0.6 is 0 Å². The topological polar surface area (TPSA) is 199 Å². The summed E-state index contributed by atoms with van der Waals surface area (Å²) in [5, 5.41) is 20.4. The third-order valence-corrected chi connectivity index (χ3v) is 8.39. The molecule has 7 aromatic rings. The summed E-state index contributed by atoms with van der Waals surface area (Å²) in [5.74, 6) is 1.04. The molecule has 0 radical (unpaired) electrons. The summed E-state index contributed by atoms with van der Waals surface area (Å²) in [4.78, 5) is 59.6. The smallest absolute Gasteiger partial charge is 0.512 e. The van der Waals surface area contributed by atoms with Crippen LogP contribution in [0, 0.1) is 0 Å². The molecule has 8 bridgehead atoms. The minimum absolute atomic E-state index is 0. The van der Waals surface area contributed by atoms with Crippen LogP contribution in [-0.2, 0) is 45.3 Å². The van der Waals surface area contributed by atoms with Gasteiger partial charge in [0.2, 0.25) is 0 Å². The summed E-state index contributed by atoms with van der Waals surface area (Å²) in [6, 6.07) is 31.8. The molecule has 0 spiro atoms. The van der Waals surface area contributed by atoms with Gasteiger partial charge in [0.25, 0.3) is 0 Å². The number of methoxy groups -OCH3 is 2.